The molecule has 2 nitrogen and oxygen atoms in total. The van der Waals surface area contributed by atoms with Gasteiger partial charge in [-0.25, -0.2) is 0 Å². The first-order valence-corrected chi connectivity index (χ1v) is 5.63. The molecule has 0 aliphatic carbocycles. The van der Waals surface area contributed by atoms with Crippen LogP contribution in [0.4, 0.5) is 0 Å². The molecule has 14 heavy (non-hydrogen) atoms. The first-order chi connectivity index (χ1) is 6.07. The van der Waals surface area contributed by atoms with Crippen LogP contribution in [0, 0.1) is 0 Å². The van der Waals surface area contributed by atoms with Gasteiger partial charge in [0.15, 0.2) is 0 Å². The molecule has 1 aliphatic rings. The highest BCUT2D eigenvalue weighted by Crippen LogP contribution is 2.34. The van der Waals surface area contributed by atoms with Crippen molar-refractivity contribution in [2.24, 2.45) is 0 Å². The van der Waals surface area contributed by atoms with Crippen LogP contribution in [0.15, 0.2) is 0 Å². The molecular weight excluding hydrogens is 170 g/mol. The van der Waals surface area contributed by atoms with E-state index in [-0.39, 0.29) is 11.1 Å². The van der Waals surface area contributed by atoms with Crippen LogP contribution >= 0.6 is 0 Å². The van der Waals surface area contributed by atoms with E-state index < -0.39 is 0 Å². The summed E-state index contributed by atoms with van der Waals surface area (Å²) in [5.74, 6) is 0. The number of hydrogen-bond acceptors (Lipinski definition) is 2. The van der Waals surface area contributed by atoms with Gasteiger partial charge in [0.25, 0.3) is 14.0 Å². The van der Waals surface area contributed by atoms with Crippen LogP contribution in [-0.2, 0) is 0 Å². The Morgan fingerprint density at radius 3 is 1.00 bits per heavy atom. The van der Waals surface area contributed by atoms with Crippen molar-refractivity contribution in [2.75, 3.05) is 0 Å². The molecule has 0 amide bonds. The second kappa shape index (κ2) is 3.28. The second-order valence-electron chi connectivity index (χ2n) is 6.42. The van der Waals surface area contributed by atoms with Gasteiger partial charge in [-0.1, -0.05) is 13.6 Å². The smallest absolute Gasteiger partial charge is 0.287 e. The molecule has 4 heteroatoms. The quantitative estimate of drug-likeness (QED) is 0.546. The van der Waals surface area contributed by atoms with Crippen molar-refractivity contribution in [2.45, 2.75) is 66.3 Å². The predicted octanol–water partition coefficient (Wildman–Crippen LogP) is 2.44. The van der Waals surface area contributed by atoms with Crippen molar-refractivity contribution in [3.63, 3.8) is 0 Å². The van der Waals surface area contributed by atoms with Gasteiger partial charge in [-0.05, 0) is 52.6 Å². The maximum absolute atomic E-state index is 2.57. The van der Waals surface area contributed by atoms with Gasteiger partial charge in [0.1, 0.15) is 0 Å². The molecule has 0 spiro atoms. The van der Waals surface area contributed by atoms with E-state index in [9.17, 15) is 0 Å². The third-order valence-corrected chi connectivity index (χ3v) is 3.16. The first-order valence-electron chi connectivity index (χ1n) is 5.63. The van der Waals surface area contributed by atoms with Crippen LogP contribution < -0.4 is 0 Å². The molecule has 0 radical (unpaired) electrons. The lowest BCUT2D eigenvalue weighted by atomic mass is 9.41. The highest BCUT2D eigenvalue weighted by atomic mass is 15.4. The number of nitrogens with zero attached hydrogens (tertiary/aromatic N) is 2. The fraction of sp³-hybridized carbons (Fsp3) is 1.00. The van der Waals surface area contributed by atoms with E-state index in [1.54, 1.807) is 0 Å². The molecule has 0 aromatic heterocycles. The van der Waals surface area contributed by atoms with Gasteiger partial charge >= 0.3 is 0 Å². The van der Waals surface area contributed by atoms with Crippen molar-refractivity contribution < 1.29 is 0 Å². The normalized spacial score (nSPS) is 21.4. The monoisotopic (exact) mass is 194 g/mol. The molecule has 0 N–H and O–H groups in total. The standard InChI is InChI=1S/C10H24B2N2/c1-9(2,3)13-11(7)14(12(13)8)10(4,5)6/h1-8H3. The number of hydrogen-bond donors (Lipinski definition) is 0. The molecule has 1 saturated heterocycles. The Morgan fingerprint density at radius 2 is 0.857 bits per heavy atom. The van der Waals surface area contributed by atoms with Crippen LogP contribution in [0.3, 0.4) is 0 Å². The lowest BCUT2D eigenvalue weighted by molar-refractivity contribution is 0.224. The maximum atomic E-state index is 2.57. The summed E-state index contributed by atoms with van der Waals surface area (Å²) in [7, 11) is 0. The van der Waals surface area contributed by atoms with Crippen molar-refractivity contribution in [1.29, 1.82) is 0 Å². The Labute approximate surface area is 90.3 Å². The highest BCUT2D eigenvalue weighted by Gasteiger charge is 2.54. The summed E-state index contributed by atoms with van der Waals surface area (Å²) in [6, 6.07) is 0. The summed E-state index contributed by atoms with van der Waals surface area (Å²) in [5.41, 5.74) is 0.557. The van der Waals surface area contributed by atoms with E-state index >= 15 is 0 Å². The number of rotatable bonds is 0. The summed E-state index contributed by atoms with van der Waals surface area (Å²) >= 11 is 0. The molecule has 0 aromatic carbocycles. The van der Waals surface area contributed by atoms with Crippen molar-refractivity contribution in [3.05, 3.63) is 0 Å². The molecule has 0 saturated carbocycles. The maximum Gasteiger partial charge on any atom is 0.287 e. The molecular formula is C10H24B2N2. The molecule has 1 aliphatic heterocycles. The largest absolute Gasteiger partial charge is 0.353 e. The van der Waals surface area contributed by atoms with Crippen LogP contribution in [-0.4, -0.2) is 34.5 Å². The average Bonchev–Trinajstić information content (AvgIpc) is 1.78. The Hall–Kier alpha value is 0.0499. The minimum Gasteiger partial charge on any atom is -0.353 e. The van der Waals surface area contributed by atoms with Gasteiger partial charge < -0.3 is 9.44 Å². The minimum atomic E-state index is 0.278. The Kier molecular flexibility index (Phi) is 2.84. The summed E-state index contributed by atoms with van der Waals surface area (Å²) in [5, 5.41) is 0. The van der Waals surface area contributed by atoms with Crippen LogP contribution in [0.2, 0.25) is 13.6 Å². The van der Waals surface area contributed by atoms with Crippen LogP contribution in [0.25, 0.3) is 0 Å². The zero-order valence-electron chi connectivity index (χ0n) is 11.0. The predicted molar refractivity (Wildman–Crippen MR) is 66.4 cm³/mol. The second-order valence-corrected chi connectivity index (χ2v) is 6.42. The lowest BCUT2D eigenvalue weighted by Gasteiger charge is -2.62. The molecule has 1 fully saturated rings. The molecule has 0 atom stereocenters. The zero-order chi connectivity index (χ0) is 11.3. The molecule has 0 unspecified atom stereocenters. The van der Waals surface area contributed by atoms with Gasteiger partial charge in [-0.2, -0.15) is 0 Å². The van der Waals surface area contributed by atoms with Crippen LogP contribution in [0.1, 0.15) is 41.5 Å². The Balaban J connectivity index is 2.76. The third-order valence-electron chi connectivity index (χ3n) is 3.16. The van der Waals surface area contributed by atoms with Crippen LogP contribution in [0.5, 0.6) is 0 Å². The first kappa shape index (κ1) is 12.1. The van der Waals surface area contributed by atoms with Crippen molar-refractivity contribution >= 4 is 14.0 Å². The Morgan fingerprint density at radius 1 is 0.643 bits per heavy atom. The topological polar surface area (TPSA) is 6.48 Å². The van der Waals surface area contributed by atoms with E-state index in [2.05, 4.69) is 64.6 Å². The average molecular weight is 194 g/mol. The zero-order valence-corrected chi connectivity index (χ0v) is 11.0. The SMILES string of the molecule is CB1N(C(C)(C)C)B(C)N1C(C)(C)C. The van der Waals surface area contributed by atoms with Crippen molar-refractivity contribution in [1.82, 2.24) is 9.44 Å². The molecule has 80 valence electrons. The summed E-state index contributed by atoms with van der Waals surface area (Å²) in [6.45, 7) is 19.5. The summed E-state index contributed by atoms with van der Waals surface area (Å²) in [6.07, 6.45) is 0. The summed E-state index contributed by atoms with van der Waals surface area (Å²) < 4.78 is 5.14. The van der Waals surface area contributed by atoms with Gasteiger partial charge in [0.05, 0.1) is 0 Å². The third kappa shape index (κ3) is 1.87. The fourth-order valence-corrected chi connectivity index (χ4v) is 3.06. The van der Waals surface area contributed by atoms with E-state index in [0.29, 0.717) is 14.0 Å². The van der Waals surface area contributed by atoms with Crippen molar-refractivity contribution in [3.8, 4) is 0 Å². The minimum absolute atomic E-state index is 0.278. The highest BCUT2D eigenvalue weighted by molar-refractivity contribution is 6.85. The van der Waals surface area contributed by atoms with Gasteiger partial charge in [0.2, 0.25) is 0 Å². The fourth-order valence-electron chi connectivity index (χ4n) is 3.06. The van der Waals surface area contributed by atoms with Gasteiger partial charge in [-0.15, -0.1) is 0 Å². The van der Waals surface area contributed by atoms with Gasteiger partial charge in [0, 0.05) is 0 Å². The Bertz CT molecular complexity index is 185. The van der Waals surface area contributed by atoms with Gasteiger partial charge in [-0.3, -0.25) is 0 Å². The summed E-state index contributed by atoms with van der Waals surface area (Å²) in [4.78, 5) is 0. The molecule has 1 heterocycles. The molecule has 1 rings (SSSR count). The van der Waals surface area contributed by atoms with E-state index in [4.69, 9.17) is 0 Å². The van der Waals surface area contributed by atoms with E-state index in [1.165, 1.54) is 0 Å². The molecule has 0 bridgehead atoms. The lowest BCUT2D eigenvalue weighted by Crippen LogP contribution is -2.83. The molecule has 0 aromatic rings. The van der Waals surface area contributed by atoms with E-state index in [0.717, 1.165) is 0 Å². The van der Waals surface area contributed by atoms with E-state index in [1.807, 2.05) is 0 Å².